The molecule has 1 unspecified atom stereocenters. The fraction of sp³-hybridized carbons (Fsp3) is 0.975. The Balaban J connectivity index is 3.25. The molecule has 3 heteroatoms. The third-order valence-electron chi connectivity index (χ3n) is 9.35. The summed E-state index contributed by atoms with van der Waals surface area (Å²) in [5, 5.41) is 10.1. The Labute approximate surface area is 271 Å². The summed E-state index contributed by atoms with van der Waals surface area (Å²) in [7, 11) is 0. The largest absolute Gasteiger partial charge is 0.464 e. The van der Waals surface area contributed by atoms with Gasteiger partial charge in [0.1, 0.15) is 0 Å². The lowest BCUT2D eigenvalue weighted by Gasteiger charge is -2.10. The van der Waals surface area contributed by atoms with Crippen LogP contribution in [0.5, 0.6) is 0 Å². The van der Waals surface area contributed by atoms with Crippen LogP contribution in [0.1, 0.15) is 239 Å². The average Bonchev–Trinajstić information content (AvgIpc) is 3.01. The molecule has 0 aliphatic carbocycles. The van der Waals surface area contributed by atoms with E-state index in [0.29, 0.717) is 13.0 Å². The van der Waals surface area contributed by atoms with E-state index >= 15 is 0 Å². The highest BCUT2D eigenvalue weighted by Gasteiger charge is 2.15. The zero-order valence-electron chi connectivity index (χ0n) is 29.8. The molecule has 258 valence electrons. The Morgan fingerprint density at radius 3 is 0.907 bits per heavy atom. The van der Waals surface area contributed by atoms with Gasteiger partial charge in [0.25, 0.3) is 0 Å². The smallest absolute Gasteiger partial charge is 0.334 e. The van der Waals surface area contributed by atoms with Gasteiger partial charge in [0.2, 0.25) is 0 Å². The molecule has 0 amide bonds. The number of rotatable bonds is 37. The predicted molar refractivity (Wildman–Crippen MR) is 190 cm³/mol. The van der Waals surface area contributed by atoms with E-state index in [-0.39, 0.29) is 0 Å². The minimum absolute atomic E-state index is 0.410. The molecule has 0 aliphatic heterocycles. The minimum atomic E-state index is -0.928. The van der Waals surface area contributed by atoms with Crippen molar-refractivity contribution in [1.29, 1.82) is 0 Å². The molecule has 1 atom stereocenters. The Bertz CT molecular complexity index is 520. The maximum Gasteiger partial charge on any atom is 0.334 e. The number of hydrogen-bond donors (Lipinski definition) is 1. The summed E-state index contributed by atoms with van der Waals surface area (Å²) in [6, 6.07) is 0. The van der Waals surface area contributed by atoms with Crippen LogP contribution < -0.4 is 0 Å². The lowest BCUT2D eigenvalue weighted by atomic mass is 10.0. The molecule has 0 saturated carbocycles. The molecule has 0 spiro atoms. The summed E-state index contributed by atoms with van der Waals surface area (Å²) in [6.07, 6.45) is 45.4. The van der Waals surface area contributed by atoms with E-state index in [4.69, 9.17) is 4.74 Å². The van der Waals surface area contributed by atoms with E-state index in [2.05, 4.69) is 13.8 Å². The molecule has 0 aromatic carbocycles. The van der Waals surface area contributed by atoms with Gasteiger partial charge in [0.05, 0.1) is 6.61 Å². The molecule has 0 bridgehead atoms. The molecule has 0 fully saturated rings. The van der Waals surface area contributed by atoms with Crippen molar-refractivity contribution in [1.82, 2.24) is 0 Å². The first-order chi connectivity index (χ1) is 21.2. The number of carbonyl (C=O) groups is 1. The number of aliphatic hydroxyl groups excluding tert-OH is 1. The van der Waals surface area contributed by atoms with Gasteiger partial charge in [-0.3, -0.25) is 0 Å². The van der Waals surface area contributed by atoms with E-state index < -0.39 is 12.1 Å². The first-order valence-electron chi connectivity index (χ1n) is 20.1. The molecule has 0 aromatic heterocycles. The predicted octanol–water partition coefficient (Wildman–Crippen LogP) is 13.6. The highest BCUT2D eigenvalue weighted by molar-refractivity contribution is 5.74. The van der Waals surface area contributed by atoms with Crippen LogP contribution in [-0.2, 0) is 9.53 Å². The van der Waals surface area contributed by atoms with Crippen LogP contribution in [0.2, 0.25) is 0 Å². The Morgan fingerprint density at radius 2 is 0.628 bits per heavy atom. The second-order valence-electron chi connectivity index (χ2n) is 13.8. The van der Waals surface area contributed by atoms with Crippen molar-refractivity contribution in [3.05, 3.63) is 0 Å². The number of esters is 1. The Kier molecular flexibility index (Phi) is 37.1. The standard InChI is InChI=1S/C40H80O3/c1-3-5-7-9-11-13-15-17-19-20-21-22-23-24-26-28-30-32-34-36-38-43-40(42)39(41)37-35-33-31-29-27-25-18-16-14-12-10-8-6-4-2/h39,41H,3-38H2,1-2H3. The van der Waals surface area contributed by atoms with Crippen molar-refractivity contribution in [2.45, 2.75) is 245 Å². The van der Waals surface area contributed by atoms with Crippen molar-refractivity contribution in [2.24, 2.45) is 0 Å². The molecule has 0 aliphatic rings. The van der Waals surface area contributed by atoms with E-state index in [1.807, 2.05) is 0 Å². The summed E-state index contributed by atoms with van der Waals surface area (Å²) in [4.78, 5) is 12.0. The first-order valence-corrected chi connectivity index (χ1v) is 20.1. The molecule has 0 heterocycles. The van der Waals surface area contributed by atoms with E-state index in [0.717, 1.165) is 25.7 Å². The monoisotopic (exact) mass is 609 g/mol. The fourth-order valence-electron chi connectivity index (χ4n) is 6.28. The Morgan fingerprint density at radius 1 is 0.395 bits per heavy atom. The fourth-order valence-corrected chi connectivity index (χ4v) is 6.28. The number of ether oxygens (including phenoxy) is 1. The minimum Gasteiger partial charge on any atom is -0.464 e. The molecular weight excluding hydrogens is 528 g/mol. The van der Waals surface area contributed by atoms with Crippen LogP contribution in [0.25, 0.3) is 0 Å². The summed E-state index contributed by atoms with van der Waals surface area (Å²) >= 11 is 0. The second-order valence-corrected chi connectivity index (χ2v) is 13.8. The number of carbonyl (C=O) groups excluding carboxylic acids is 1. The van der Waals surface area contributed by atoms with E-state index in [9.17, 15) is 9.90 Å². The highest BCUT2D eigenvalue weighted by atomic mass is 16.5. The molecule has 0 saturated heterocycles. The van der Waals surface area contributed by atoms with Crippen molar-refractivity contribution in [2.75, 3.05) is 6.61 Å². The molecule has 0 rings (SSSR count). The van der Waals surface area contributed by atoms with Gasteiger partial charge in [-0.25, -0.2) is 4.79 Å². The zero-order chi connectivity index (χ0) is 31.3. The molecule has 0 aromatic rings. The van der Waals surface area contributed by atoms with Gasteiger partial charge >= 0.3 is 5.97 Å². The van der Waals surface area contributed by atoms with Gasteiger partial charge in [0, 0.05) is 0 Å². The van der Waals surface area contributed by atoms with Gasteiger partial charge in [-0.1, -0.05) is 226 Å². The lowest BCUT2D eigenvalue weighted by Crippen LogP contribution is -2.23. The summed E-state index contributed by atoms with van der Waals surface area (Å²) in [5.74, 6) is -0.410. The zero-order valence-corrected chi connectivity index (χ0v) is 29.8. The molecular formula is C40H80O3. The van der Waals surface area contributed by atoms with Crippen LogP contribution in [0, 0.1) is 0 Å². The number of aliphatic hydroxyl groups is 1. The van der Waals surface area contributed by atoms with Crippen LogP contribution in [-0.4, -0.2) is 23.8 Å². The van der Waals surface area contributed by atoms with Gasteiger partial charge in [-0.05, 0) is 12.8 Å². The average molecular weight is 609 g/mol. The van der Waals surface area contributed by atoms with Crippen molar-refractivity contribution in [3.8, 4) is 0 Å². The molecule has 1 N–H and O–H groups in total. The van der Waals surface area contributed by atoms with Gasteiger partial charge in [-0.2, -0.15) is 0 Å². The Hall–Kier alpha value is -0.570. The van der Waals surface area contributed by atoms with Gasteiger partial charge in [0.15, 0.2) is 6.10 Å². The van der Waals surface area contributed by atoms with E-state index in [1.165, 1.54) is 193 Å². The third-order valence-corrected chi connectivity index (χ3v) is 9.35. The third kappa shape index (κ3) is 35.8. The van der Waals surface area contributed by atoms with Crippen molar-refractivity contribution < 1.29 is 14.6 Å². The van der Waals surface area contributed by atoms with Crippen molar-refractivity contribution in [3.63, 3.8) is 0 Å². The summed E-state index contributed by atoms with van der Waals surface area (Å²) < 4.78 is 5.32. The van der Waals surface area contributed by atoms with Crippen LogP contribution in [0.3, 0.4) is 0 Å². The van der Waals surface area contributed by atoms with Crippen molar-refractivity contribution >= 4 is 5.97 Å². The lowest BCUT2D eigenvalue weighted by molar-refractivity contribution is -0.154. The molecule has 0 radical (unpaired) electrons. The summed E-state index contributed by atoms with van der Waals surface area (Å²) in [6.45, 7) is 5.04. The van der Waals surface area contributed by atoms with E-state index in [1.54, 1.807) is 0 Å². The van der Waals surface area contributed by atoms with Crippen LogP contribution in [0.15, 0.2) is 0 Å². The number of hydrogen-bond acceptors (Lipinski definition) is 3. The van der Waals surface area contributed by atoms with Crippen LogP contribution in [0.4, 0.5) is 0 Å². The van der Waals surface area contributed by atoms with Gasteiger partial charge < -0.3 is 9.84 Å². The first kappa shape index (κ1) is 42.4. The maximum atomic E-state index is 12.0. The number of unbranched alkanes of at least 4 members (excludes halogenated alkanes) is 32. The van der Waals surface area contributed by atoms with Crippen LogP contribution >= 0.6 is 0 Å². The quantitative estimate of drug-likeness (QED) is 0.0563. The highest BCUT2D eigenvalue weighted by Crippen LogP contribution is 2.16. The normalized spacial score (nSPS) is 12.2. The SMILES string of the molecule is CCCCCCCCCCCCCCCCCCCCCCOC(=O)C(O)CCCCCCCCCCCCCCCC. The maximum absolute atomic E-state index is 12.0. The topological polar surface area (TPSA) is 46.5 Å². The second kappa shape index (κ2) is 37.6. The molecule has 3 nitrogen and oxygen atoms in total. The van der Waals surface area contributed by atoms with Gasteiger partial charge in [-0.15, -0.1) is 0 Å². The molecule has 43 heavy (non-hydrogen) atoms. The summed E-state index contributed by atoms with van der Waals surface area (Å²) in [5.41, 5.74) is 0.